The molecule has 1 fully saturated rings. The first kappa shape index (κ1) is 12.6. The lowest BCUT2D eigenvalue weighted by atomic mass is 10.1. The van der Waals surface area contributed by atoms with E-state index in [1.54, 1.807) is 4.90 Å². The van der Waals surface area contributed by atoms with Crippen molar-refractivity contribution in [3.8, 4) is 0 Å². The van der Waals surface area contributed by atoms with Gasteiger partial charge in [0.2, 0.25) is 11.8 Å². The first-order valence-corrected chi connectivity index (χ1v) is 6.05. The second-order valence-corrected chi connectivity index (χ2v) is 4.43. The van der Waals surface area contributed by atoms with Crippen LogP contribution in [0, 0.1) is 5.92 Å². The molecule has 2 amide bonds. The van der Waals surface area contributed by atoms with Gasteiger partial charge in [-0.15, -0.1) is 0 Å². The fourth-order valence-electron chi connectivity index (χ4n) is 2.16. The number of aryl methyl sites for hydroxylation is 1. The van der Waals surface area contributed by atoms with E-state index in [1.165, 1.54) is 5.56 Å². The van der Waals surface area contributed by atoms with E-state index in [0.717, 1.165) is 12.1 Å². The molecule has 0 saturated carbocycles. The van der Waals surface area contributed by atoms with Gasteiger partial charge in [0, 0.05) is 18.7 Å². The van der Waals surface area contributed by atoms with Gasteiger partial charge in [-0.1, -0.05) is 19.1 Å². The summed E-state index contributed by atoms with van der Waals surface area (Å²) in [5.41, 5.74) is 4.16. The van der Waals surface area contributed by atoms with Crippen LogP contribution in [0.2, 0.25) is 0 Å². The normalized spacial score (nSPS) is 19.1. The number of nitrogens with zero attached hydrogens (tertiary/aromatic N) is 1. The minimum atomic E-state index is -0.353. The van der Waals surface area contributed by atoms with Crippen molar-refractivity contribution < 1.29 is 9.59 Å². The molecule has 5 nitrogen and oxygen atoms in total. The van der Waals surface area contributed by atoms with Crippen LogP contribution < -0.4 is 16.2 Å². The van der Waals surface area contributed by atoms with Gasteiger partial charge in [-0.2, -0.15) is 0 Å². The van der Waals surface area contributed by atoms with E-state index in [0.29, 0.717) is 6.54 Å². The summed E-state index contributed by atoms with van der Waals surface area (Å²) in [5.74, 6) is 4.42. The molecular weight excluding hydrogens is 230 g/mol. The summed E-state index contributed by atoms with van der Waals surface area (Å²) in [5, 5.41) is 0. The molecule has 0 aromatic heterocycles. The maximum atomic E-state index is 11.9. The number of hydrogen-bond donors (Lipinski definition) is 2. The smallest absolute Gasteiger partial charge is 0.239 e. The van der Waals surface area contributed by atoms with Gasteiger partial charge in [0.05, 0.1) is 5.92 Å². The third-order valence-corrected chi connectivity index (χ3v) is 3.29. The third kappa shape index (κ3) is 2.36. The van der Waals surface area contributed by atoms with Crippen molar-refractivity contribution in [2.75, 3.05) is 11.4 Å². The van der Waals surface area contributed by atoms with Gasteiger partial charge in [-0.25, -0.2) is 5.84 Å². The zero-order valence-corrected chi connectivity index (χ0v) is 10.3. The Balaban J connectivity index is 2.13. The molecule has 1 aliphatic heterocycles. The summed E-state index contributed by atoms with van der Waals surface area (Å²) in [6, 6.07) is 7.83. The zero-order chi connectivity index (χ0) is 13.1. The summed E-state index contributed by atoms with van der Waals surface area (Å²) in [6.45, 7) is 2.48. The standard InChI is InChI=1S/C13H17N3O2/c1-2-9-3-5-11(6-4-9)16-8-10(7-12(16)17)13(18)15-14/h3-6,10H,2,7-8,14H2,1H3,(H,15,18)/t10-/m0/s1. The van der Waals surface area contributed by atoms with Gasteiger partial charge in [-0.3, -0.25) is 15.0 Å². The maximum Gasteiger partial charge on any atom is 0.239 e. The van der Waals surface area contributed by atoms with Crippen LogP contribution in [0.5, 0.6) is 0 Å². The van der Waals surface area contributed by atoms with Crippen LogP contribution in [-0.4, -0.2) is 18.4 Å². The molecule has 18 heavy (non-hydrogen) atoms. The number of carbonyl (C=O) groups excluding carboxylic acids is 2. The Kier molecular flexibility index (Phi) is 3.62. The number of hydrazine groups is 1. The minimum Gasteiger partial charge on any atom is -0.312 e. The summed E-state index contributed by atoms with van der Waals surface area (Å²) in [4.78, 5) is 24.9. The molecule has 5 heteroatoms. The molecule has 0 radical (unpaired) electrons. The Morgan fingerprint density at radius 2 is 2.11 bits per heavy atom. The Morgan fingerprint density at radius 3 is 2.67 bits per heavy atom. The second-order valence-electron chi connectivity index (χ2n) is 4.43. The highest BCUT2D eigenvalue weighted by molar-refractivity contribution is 6.00. The quantitative estimate of drug-likeness (QED) is 0.466. The highest BCUT2D eigenvalue weighted by Gasteiger charge is 2.34. The van der Waals surface area contributed by atoms with E-state index in [2.05, 4.69) is 12.3 Å². The van der Waals surface area contributed by atoms with Gasteiger partial charge in [-0.05, 0) is 24.1 Å². The van der Waals surface area contributed by atoms with Crippen molar-refractivity contribution >= 4 is 17.5 Å². The Labute approximate surface area is 106 Å². The fourth-order valence-corrected chi connectivity index (χ4v) is 2.16. The molecule has 0 spiro atoms. The van der Waals surface area contributed by atoms with Crippen LogP contribution in [0.25, 0.3) is 0 Å². The van der Waals surface area contributed by atoms with Crippen LogP contribution in [0.4, 0.5) is 5.69 Å². The molecule has 0 unspecified atom stereocenters. The zero-order valence-electron chi connectivity index (χ0n) is 10.3. The molecular formula is C13H17N3O2. The molecule has 96 valence electrons. The summed E-state index contributed by atoms with van der Waals surface area (Å²) < 4.78 is 0. The minimum absolute atomic E-state index is 0.0344. The number of benzene rings is 1. The molecule has 1 aromatic rings. The van der Waals surface area contributed by atoms with Crippen molar-refractivity contribution in [1.82, 2.24) is 5.43 Å². The lowest BCUT2D eigenvalue weighted by Gasteiger charge is -2.16. The van der Waals surface area contributed by atoms with Crippen LogP contribution in [0.1, 0.15) is 18.9 Å². The Bertz CT molecular complexity index is 456. The van der Waals surface area contributed by atoms with E-state index in [4.69, 9.17) is 5.84 Å². The maximum absolute atomic E-state index is 11.9. The number of hydrogen-bond acceptors (Lipinski definition) is 3. The van der Waals surface area contributed by atoms with E-state index >= 15 is 0 Å². The Hall–Kier alpha value is -1.88. The van der Waals surface area contributed by atoms with Crippen molar-refractivity contribution in [3.63, 3.8) is 0 Å². The van der Waals surface area contributed by atoms with E-state index in [-0.39, 0.29) is 24.2 Å². The predicted molar refractivity (Wildman–Crippen MR) is 68.6 cm³/mol. The van der Waals surface area contributed by atoms with E-state index in [1.807, 2.05) is 24.3 Å². The van der Waals surface area contributed by atoms with Crippen LogP contribution in [0.15, 0.2) is 24.3 Å². The molecule has 2 rings (SSSR count). The molecule has 0 aliphatic carbocycles. The summed E-state index contributed by atoms with van der Waals surface area (Å²) >= 11 is 0. The van der Waals surface area contributed by atoms with Crippen molar-refractivity contribution in [2.24, 2.45) is 11.8 Å². The van der Waals surface area contributed by atoms with Gasteiger partial charge in [0.1, 0.15) is 0 Å². The van der Waals surface area contributed by atoms with E-state index < -0.39 is 0 Å². The van der Waals surface area contributed by atoms with E-state index in [9.17, 15) is 9.59 Å². The first-order valence-electron chi connectivity index (χ1n) is 6.05. The second kappa shape index (κ2) is 5.18. The molecule has 3 N–H and O–H groups in total. The topological polar surface area (TPSA) is 75.4 Å². The number of carbonyl (C=O) groups is 2. The number of rotatable bonds is 3. The molecule has 0 bridgehead atoms. The largest absolute Gasteiger partial charge is 0.312 e. The number of nitrogens with one attached hydrogen (secondary N) is 1. The number of amides is 2. The van der Waals surface area contributed by atoms with Crippen molar-refractivity contribution in [2.45, 2.75) is 19.8 Å². The van der Waals surface area contributed by atoms with Crippen LogP contribution >= 0.6 is 0 Å². The van der Waals surface area contributed by atoms with Gasteiger partial charge in [0.25, 0.3) is 0 Å². The first-order chi connectivity index (χ1) is 8.65. The number of anilines is 1. The Morgan fingerprint density at radius 1 is 1.44 bits per heavy atom. The average molecular weight is 247 g/mol. The van der Waals surface area contributed by atoms with Crippen LogP contribution in [-0.2, 0) is 16.0 Å². The monoisotopic (exact) mass is 247 g/mol. The van der Waals surface area contributed by atoms with Gasteiger partial charge >= 0.3 is 0 Å². The average Bonchev–Trinajstić information content (AvgIpc) is 2.80. The number of nitrogens with two attached hydrogens (primary N) is 1. The predicted octanol–water partition coefficient (Wildman–Crippen LogP) is 0.592. The summed E-state index contributed by atoms with van der Waals surface area (Å²) in [7, 11) is 0. The highest BCUT2D eigenvalue weighted by atomic mass is 16.2. The van der Waals surface area contributed by atoms with Gasteiger partial charge in [0.15, 0.2) is 0 Å². The van der Waals surface area contributed by atoms with Crippen molar-refractivity contribution in [1.29, 1.82) is 0 Å². The lowest BCUT2D eigenvalue weighted by Crippen LogP contribution is -2.37. The summed E-state index contributed by atoms with van der Waals surface area (Å²) in [6.07, 6.45) is 1.19. The third-order valence-electron chi connectivity index (χ3n) is 3.29. The van der Waals surface area contributed by atoms with Crippen molar-refractivity contribution in [3.05, 3.63) is 29.8 Å². The fraction of sp³-hybridized carbons (Fsp3) is 0.385. The SMILES string of the molecule is CCc1ccc(N2C[C@@H](C(=O)NN)CC2=O)cc1. The molecule has 1 aromatic carbocycles. The van der Waals surface area contributed by atoms with Crippen LogP contribution in [0.3, 0.4) is 0 Å². The molecule has 1 atom stereocenters. The van der Waals surface area contributed by atoms with Gasteiger partial charge < -0.3 is 4.90 Å². The molecule has 1 aliphatic rings. The highest BCUT2D eigenvalue weighted by Crippen LogP contribution is 2.25. The lowest BCUT2D eigenvalue weighted by molar-refractivity contribution is -0.126. The molecule has 1 heterocycles. The molecule has 1 saturated heterocycles.